The molecule has 0 spiro atoms. The Hall–Kier alpha value is -1.60. The van der Waals surface area contributed by atoms with Gasteiger partial charge in [-0.1, -0.05) is 11.6 Å². The van der Waals surface area contributed by atoms with Crippen LogP contribution in [0.5, 0.6) is 0 Å². The van der Waals surface area contributed by atoms with Crippen LogP contribution in [0.4, 0.5) is 0 Å². The van der Waals surface area contributed by atoms with E-state index in [1.807, 2.05) is 35.7 Å². The quantitative estimate of drug-likeness (QED) is 0.519. The van der Waals surface area contributed by atoms with Gasteiger partial charge in [0.05, 0.1) is 17.1 Å². The van der Waals surface area contributed by atoms with Crippen molar-refractivity contribution in [1.82, 2.24) is 20.1 Å². The van der Waals surface area contributed by atoms with E-state index in [1.54, 1.807) is 5.57 Å². The van der Waals surface area contributed by atoms with Crippen LogP contribution in [0.25, 0.3) is 0 Å². The average Bonchev–Trinajstić information content (AvgIpc) is 3.34. The van der Waals surface area contributed by atoms with Crippen molar-refractivity contribution in [3.8, 4) is 0 Å². The molecule has 1 N–H and O–H groups in total. The van der Waals surface area contributed by atoms with Gasteiger partial charge in [0.25, 0.3) is 5.91 Å². The Bertz CT molecular complexity index is 827. The highest BCUT2D eigenvalue weighted by Crippen LogP contribution is 2.31. The lowest BCUT2D eigenvalue weighted by molar-refractivity contribution is 0.0800. The van der Waals surface area contributed by atoms with Crippen LogP contribution in [-0.2, 0) is 0 Å². The SMILES string of the molecule is Cc1ccc(C(=O)N2CCSC2)c(C2CCN(C(=S)NCCC3=CCCCC3)CC2)n1. The predicted octanol–water partition coefficient (Wildman–Crippen LogP) is 4.48. The fraction of sp³-hybridized carbons (Fsp3) is 0.625. The highest BCUT2D eigenvalue weighted by atomic mass is 32.2. The normalized spacial score (nSPS) is 20.0. The van der Waals surface area contributed by atoms with Crippen LogP contribution in [0.3, 0.4) is 0 Å². The van der Waals surface area contributed by atoms with Crippen LogP contribution in [-0.4, -0.2) is 63.6 Å². The summed E-state index contributed by atoms with van der Waals surface area (Å²) in [6, 6.07) is 3.96. The summed E-state index contributed by atoms with van der Waals surface area (Å²) in [7, 11) is 0. The number of aryl methyl sites for hydroxylation is 1. The van der Waals surface area contributed by atoms with Crippen LogP contribution in [0.1, 0.15) is 72.6 Å². The summed E-state index contributed by atoms with van der Waals surface area (Å²) in [6.45, 7) is 5.62. The minimum Gasteiger partial charge on any atom is -0.362 e. The number of likely N-dealkylation sites (tertiary alicyclic amines) is 1. The van der Waals surface area contributed by atoms with Crippen molar-refractivity contribution in [3.05, 3.63) is 40.7 Å². The Morgan fingerprint density at radius 1 is 1.23 bits per heavy atom. The topological polar surface area (TPSA) is 48.5 Å². The van der Waals surface area contributed by atoms with Gasteiger partial charge in [-0.15, -0.1) is 11.8 Å². The fourth-order valence-electron chi connectivity index (χ4n) is 4.74. The molecule has 0 aromatic carbocycles. The molecular weight excluding hydrogens is 424 g/mol. The van der Waals surface area contributed by atoms with Gasteiger partial charge in [0.2, 0.25) is 0 Å². The molecule has 2 saturated heterocycles. The predicted molar refractivity (Wildman–Crippen MR) is 133 cm³/mol. The van der Waals surface area contributed by atoms with Gasteiger partial charge in [0, 0.05) is 43.5 Å². The van der Waals surface area contributed by atoms with E-state index in [1.165, 1.54) is 25.7 Å². The van der Waals surface area contributed by atoms with Gasteiger partial charge in [0.15, 0.2) is 5.11 Å². The fourth-order valence-corrected chi connectivity index (χ4v) is 5.97. The van der Waals surface area contributed by atoms with E-state index >= 15 is 0 Å². The van der Waals surface area contributed by atoms with Crippen molar-refractivity contribution in [1.29, 1.82) is 0 Å². The van der Waals surface area contributed by atoms with Crippen molar-refractivity contribution in [2.75, 3.05) is 37.8 Å². The Balaban J connectivity index is 1.32. The number of thioether (sulfide) groups is 1. The van der Waals surface area contributed by atoms with E-state index in [2.05, 4.69) is 16.3 Å². The molecule has 0 saturated carbocycles. The highest BCUT2D eigenvalue weighted by Gasteiger charge is 2.29. The number of allylic oxidation sites excluding steroid dienone is 1. The average molecular weight is 459 g/mol. The van der Waals surface area contributed by atoms with Crippen LogP contribution in [0, 0.1) is 6.92 Å². The number of carbonyl (C=O) groups is 1. The third-order valence-electron chi connectivity index (χ3n) is 6.61. The molecule has 0 atom stereocenters. The molecule has 1 aromatic heterocycles. The molecule has 168 valence electrons. The first kappa shape index (κ1) is 22.6. The number of rotatable bonds is 5. The number of nitrogens with one attached hydrogen (secondary N) is 1. The van der Waals surface area contributed by atoms with Crippen molar-refractivity contribution in [3.63, 3.8) is 0 Å². The maximum absolute atomic E-state index is 13.1. The number of aromatic nitrogens is 1. The van der Waals surface area contributed by atoms with Crippen molar-refractivity contribution < 1.29 is 4.79 Å². The molecule has 0 radical (unpaired) electrons. The van der Waals surface area contributed by atoms with E-state index in [9.17, 15) is 4.79 Å². The summed E-state index contributed by atoms with van der Waals surface area (Å²) in [6.07, 6.45) is 10.6. The van der Waals surface area contributed by atoms with Crippen LogP contribution in [0.2, 0.25) is 0 Å². The number of hydrogen-bond acceptors (Lipinski definition) is 4. The minimum absolute atomic E-state index is 0.143. The summed E-state index contributed by atoms with van der Waals surface area (Å²) in [5.74, 6) is 2.28. The van der Waals surface area contributed by atoms with Crippen molar-refractivity contribution in [2.24, 2.45) is 0 Å². The number of amides is 1. The first-order valence-corrected chi connectivity index (χ1v) is 13.2. The maximum Gasteiger partial charge on any atom is 0.256 e. The molecule has 5 nitrogen and oxygen atoms in total. The molecule has 4 rings (SSSR count). The Morgan fingerprint density at radius 3 is 2.77 bits per heavy atom. The molecule has 2 aliphatic heterocycles. The number of hydrogen-bond donors (Lipinski definition) is 1. The molecule has 1 amide bonds. The van der Waals surface area contributed by atoms with Crippen molar-refractivity contribution >= 4 is 35.0 Å². The van der Waals surface area contributed by atoms with Gasteiger partial charge in [-0.2, -0.15) is 0 Å². The monoisotopic (exact) mass is 458 g/mol. The second-order valence-corrected chi connectivity index (χ2v) is 10.3. The van der Waals surface area contributed by atoms with Gasteiger partial charge < -0.3 is 15.1 Å². The minimum atomic E-state index is 0.143. The van der Waals surface area contributed by atoms with E-state index in [0.717, 1.165) is 79.1 Å². The molecule has 3 aliphatic rings. The van der Waals surface area contributed by atoms with Crippen molar-refractivity contribution in [2.45, 2.75) is 57.8 Å². The summed E-state index contributed by atoms with van der Waals surface area (Å²) in [5.41, 5.74) is 4.36. The molecule has 0 bridgehead atoms. The molecule has 7 heteroatoms. The number of nitrogens with zero attached hydrogens (tertiary/aromatic N) is 3. The third kappa shape index (κ3) is 5.80. The highest BCUT2D eigenvalue weighted by molar-refractivity contribution is 7.99. The molecule has 0 unspecified atom stereocenters. The molecule has 2 fully saturated rings. The second-order valence-electron chi connectivity index (χ2n) is 8.84. The summed E-state index contributed by atoms with van der Waals surface area (Å²) in [5, 5.41) is 4.34. The lowest BCUT2D eigenvalue weighted by Gasteiger charge is -2.34. The molecule has 1 aliphatic carbocycles. The van der Waals surface area contributed by atoms with E-state index in [4.69, 9.17) is 17.2 Å². The zero-order chi connectivity index (χ0) is 21.6. The Morgan fingerprint density at radius 2 is 2.06 bits per heavy atom. The van der Waals surface area contributed by atoms with Crippen LogP contribution >= 0.6 is 24.0 Å². The number of pyridine rings is 1. The molecular formula is C24H34N4OS2. The standard InChI is InChI=1S/C24H34N4OS2/c1-18-7-8-21(23(29)28-15-16-31-17-28)22(26-18)20-10-13-27(14-11-20)24(30)25-12-9-19-5-3-2-4-6-19/h5,7-8,20H,2-4,6,9-17H2,1H3,(H,25,30). The van der Waals surface area contributed by atoms with E-state index < -0.39 is 0 Å². The largest absolute Gasteiger partial charge is 0.362 e. The lowest BCUT2D eigenvalue weighted by Crippen LogP contribution is -2.44. The first-order valence-electron chi connectivity index (χ1n) is 11.7. The summed E-state index contributed by atoms with van der Waals surface area (Å²) < 4.78 is 0. The first-order chi connectivity index (χ1) is 15.1. The van der Waals surface area contributed by atoms with Crippen LogP contribution in [0.15, 0.2) is 23.8 Å². The molecule has 31 heavy (non-hydrogen) atoms. The Labute approximate surface area is 196 Å². The van der Waals surface area contributed by atoms with E-state index in [0.29, 0.717) is 5.92 Å². The smallest absolute Gasteiger partial charge is 0.256 e. The number of piperidine rings is 1. The second kappa shape index (κ2) is 10.8. The zero-order valence-corrected chi connectivity index (χ0v) is 20.2. The Kier molecular flexibility index (Phi) is 7.88. The number of thiocarbonyl (C=S) groups is 1. The summed E-state index contributed by atoms with van der Waals surface area (Å²) in [4.78, 5) is 22.1. The zero-order valence-electron chi connectivity index (χ0n) is 18.6. The maximum atomic E-state index is 13.1. The van der Waals surface area contributed by atoms with Gasteiger partial charge in [-0.05, 0) is 76.2 Å². The lowest BCUT2D eigenvalue weighted by atomic mass is 9.90. The number of carbonyl (C=O) groups excluding carboxylic acids is 1. The van der Waals surface area contributed by atoms with Gasteiger partial charge >= 0.3 is 0 Å². The van der Waals surface area contributed by atoms with Crippen LogP contribution < -0.4 is 5.32 Å². The molecule has 1 aromatic rings. The van der Waals surface area contributed by atoms with Gasteiger partial charge in [-0.25, -0.2) is 0 Å². The van der Waals surface area contributed by atoms with Gasteiger partial charge in [0.1, 0.15) is 0 Å². The van der Waals surface area contributed by atoms with Gasteiger partial charge in [-0.3, -0.25) is 9.78 Å². The van der Waals surface area contributed by atoms with E-state index in [-0.39, 0.29) is 5.91 Å². The third-order valence-corrected chi connectivity index (χ3v) is 7.98. The summed E-state index contributed by atoms with van der Waals surface area (Å²) >= 11 is 7.50. The molecule has 3 heterocycles.